The summed E-state index contributed by atoms with van der Waals surface area (Å²) in [6.07, 6.45) is 1.34. The van der Waals surface area contributed by atoms with E-state index in [2.05, 4.69) is 10.6 Å². The molecule has 1 saturated heterocycles. The molecule has 0 aliphatic carbocycles. The van der Waals surface area contributed by atoms with Gasteiger partial charge in [0.15, 0.2) is 11.5 Å². The second-order valence-electron chi connectivity index (χ2n) is 6.42. The normalized spacial score (nSPS) is 14.8. The number of carbonyl (C=O) groups is 3. The van der Waals surface area contributed by atoms with Gasteiger partial charge in [-0.3, -0.25) is 9.59 Å². The van der Waals surface area contributed by atoms with Crippen LogP contribution in [0.1, 0.15) is 18.1 Å². The van der Waals surface area contributed by atoms with E-state index in [1.165, 1.54) is 6.08 Å². The van der Waals surface area contributed by atoms with Gasteiger partial charge in [0.25, 0.3) is 5.91 Å². The van der Waals surface area contributed by atoms with E-state index in [1.807, 2.05) is 13.0 Å². The molecule has 1 aliphatic rings. The molecule has 29 heavy (non-hydrogen) atoms. The zero-order valence-corrected chi connectivity index (χ0v) is 16.1. The zero-order valence-electron chi connectivity index (χ0n) is 16.1. The number of imide groups is 1. The number of ether oxygens (including phenoxy) is 1. The highest BCUT2D eigenvalue weighted by atomic mass is 16.5. The Morgan fingerprint density at radius 1 is 1.24 bits per heavy atom. The second-order valence-corrected chi connectivity index (χ2v) is 6.42. The quantitative estimate of drug-likeness (QED) is 0.515. The molecule has 150 valence electrons. The molecule has 1 fully saturated rings. The van der Waals surface area contributed by atoms with Crippen LogP contribution in [0.25, 0.3) is 6.08 Å². The van der Waals surface area contributed by atoms with Crippen LogP contribution in [0.3, 0.4) is 0 Å². The van der Waals surface area contributed by atoms with Crippen molar-refractivity contribution in [1.29, 1.82) is 0 Å². The molecule has 3 N–H and O–H groups in total. The number of carbonyl (C=O) groups excluding carboxylic acids is 3. The summed E-state index contributed by atoms with van der Waals surface area (Å²) in [4.78, 5) is 37.8. The molecule has 2 aromatic rings. The predicted octanol–water partition coefficient (Wildman–Crippen LogP) is 2.63. The molecule has 0 atom stereocenters. The molecule has 1 heterocycles. The molecule has 0 spiro atoms. The van der Waals surface area contributed by atoms with Gasteiger partial charge in [0, 0.05) is 11.3 Å². The third-order valence-electron chi connectivity index (χ3n) is 4.20. The second kappa shape index (κ2) is 8.47. The first-order valence-corrected chi connectivity index (χ1v) is 9.05. The molecule has 8 heteroatoms. The Balaban J connectivity index is 1.73. The largest absolute Gasteiger partial charge is 0.504 e. The molecule has 0 unspecified atom stereocenters. The van der Waals surface area contributed by atoms with Crippen molar-refractivity contribution in [3.63, 3.8) is 0 Å². The van der Waals surface area contributed by atoms with Crippen molar-refractivity contribution in [1.82, 2.24) is 10.2 Å². The molecular formula is C21H21N3O5. The summed E-state index contributed by atoms with van der Waals surface area (Å²) in [5, 5.41) is 15.3. The standard InChI is InChI=1S/C21H21N3O5/c1-3-29-17-9-5-7-14(19(17)26)11-16-20(27)24(21(28)23-16)12-18(25)22-15-8-4-6-13(2)10-15/h4-11,26H,3,12H2,1-2H3,(H,22,25)(H,23,28)/b16-11+. The number of hydrogen-bond donors (Lipinski definition) is 3. The summed E-state index contributed by atoms with van der Waals surface area (Å²) in [5.74, 6) is -1.02. The zero-order chi connectivity index (χ0) is 21.0. The maximum absolute atomic E-state index is 12.6. The lowest BCUT2D eigenvalue weighted by Gasteiger charge is -2.12. The van der Waals surface area contributed by atoms with Crippen molar-refractivity contribution in [3.8, 4) is 11.5 Å². The number of phenolic OH excluding ortho intramolecular Hbond substituents is 1. The first-order chi connectivity index (χ1) is 13.9. The molecule has 0 bridgehead atoms. The van der Waals surface area contributed by atoms with E-state index in [0.717, 1.165) is 10.5 Å². The molecule has 3 rings (SSSR count). The fraction of sp³-hybridized carbons (Fsp3) is 0.190. The molecule has 2 aromatic carbocycles. The van der Waals surface area contributed by atoms with Crippen molar-refractivity contribution in [2.75, 3.05) is 18.5 Å². The van der Waals surface area contributed by atoms with Crippen LogP contribution in [0.2, 0.25) is 0 Å². The molecule has 0 radical (unpaired) electrons. The highest BCUT2D eigenvalue weighted by molar-refractivity contribution is 6.16. The van der Waals surface area contributed by atoms with Crippen LogP contribution in [0.5, 0.6) is 11.5 Å². The van der Waals surface area contributed by atoms with E-state index >= 15 is 0 Å². The lowest BCUT2D eigenvalue weighted by atomic mass is 10.1. The maximum Gasteiger partial charge on any atom is 0.329 e. The average Bonchev–Trinajstić information content (AvgIpc) is 2.92. The van der Waals surface area contributed by atoms with Gasteiger partial charge in [0.1, 0.15) is 12.2 Å². The number of aryl methyl sites for hydroxylation is 1. The SMILES string of the molecule is CCOc1cccc(/C=C2/NC(=O)N(CC(=O)Nc3cccc(C)c3)C2=O)c1O. The highest BCUT2D eigenvalue weighted by Crippen LogP contribution is 2.31. The molecule has 4 amide bonds. The van der Waals surface area contributed by atoms with Gasteiger partial charge in [-0.15, -0.1) is 0 Å². The van der Waals surface area contributed by atoms with Crippen molar-refractivity contribution >= 4 is 29.6 Å². The topological polar surface area (TPSA) is 108 Å². The van der Waals surface area contributed by atoms with Gasteiger partial charge < -0.3 is 20.5 Å². The van der Waals surface area contributed by atoms with Crippen LogP contribution in [0.15, 0.2) is 48.2 Å². The first-order valence-electron chi connectivity index (χ1n) is 9.05. The average molecular weight is 395 g/mol. The van der Waals surface area contributed by atoms with Gasteiger partial charge in [-0.05, 0) is 43.7 Å². The molecule has 1 aliphatic heterocycles. The molecule has 8 nitrogen and oxygen atoms in total. The molecule has 0 aromatic heterocycles. The number of phenols is 1. The monoisotopic (exact) mass is 395 g/mol. The highest BCUT2D eigenvalue weighted by Gasteiger charge is 2.35. The van der Waals surface area contributed by atoms with E-state index in [-0.39, 0.29) is 17.2 Å². The predicted molar refractivity (Wildman–Crippen MR) is 107 cm³/mol. The third kappa shape index (κ3) is 4.55. The van der Waals surface area contributed by atoms with Gasteiger partial charge in [-0.2, -0.15) is 0 Å². The van der Waals surface area contributed by atoms with Crippen LogP contribution < -0.4 is 15.4 Å². The lowest BCUT2D eigenvalue weighted by molar-refractivity contribution is -0.127. The summed E-state index contributed by atoms with van der Waals surface area (Å²) in [7, 11) is 0. The van der Waals surface area contributed by atoms with Gasteiger partial charge in [0.05, 0.1) is 6.61 Å². The number of urea groups is 1. The van der Waals surface area contributed by atoms with Crippen LogP contribution in [-0.4, -0.2) is 41.0 Å². The van der Waals surface area contributed by atoms with Gasteiger partial charge in [-0.1, -0.05) is 24.3 Å². The van der Waals surface area contributed by atoms with Crippen molar-refractivity contribution in [3.05, 3.63) is 59.3 Å². The molecular weight excluding hydrogens is 374 g/mol. The number of amides is 4. The van der Waals surface area contributed by atoms with E-state index in [1.54, 1.807) is 43.3 Å². The molecule has 0 saturated carbocycles. The van der Waals surface area contributed by atoms with E-state index in [0.29, 0.717) is 17.9 Å². The summed E-state index contributed by atoms with van der Waals surface area (Å²) >= 11 is 0. The Morgan fingerprint density at radius 2 is 2.00 bits per heavy atom. The van der Waals surface area contributed by atoms with Crippen LogP contribution in [0.4, 0.5) is 10.5 Å². The van der Waals surface area contributed by atoms with Crippen LogP contribution in [0, 0.1) is 6.92 Å². The fourth-order valence-electron chi connectivity index (χ4n) is 2.87. The number of rotatable bonds is 6. The lowest BCUT2D eigenvalue weighted by Crippen LogP contribution is -2.38. The van der Waals surface area contributed by atoms with Crippen molar-refractivity contribution in [2.45, 2.75) is 13.8 Å². The Bertz CT molecular complexity index is 1000. The maximum atomic E-state index is 12.6. The smallest absolute Gasteiger partial charge is 0.329 e. The van der Waals surface area contributed by atoms with Gasteiger partial charge >= 0.3 is 6.03 Å². The number of aromatic hydroxyl groups is 1. The van der Waals surface area contributed by atoms with Crippen molar-refractivity contribution in [2.24, 2.45) is 0 Å². The summed E-state index contributed by atoms with van der Waals surface area (Å²) in [6.45, 7) is 3.61. The number of anilines is 1. The number of benzene rings is 2. The van der Waals surface area contributed by atoms with Crippen molar-refractivity contribution < 1.29 is 24.2 Å². The third-order valence-corrected chi connectivity index (χ3v) is 4.20. The number of nitrogens with zero attached hydrogens (tertiary/aromatic N) is 1. The van der Waals surface area contributed by atoms with Gasteiger partial charge in [-0.25, -0.2) is 9.69 Å². The minimum atomic E-state index is -0.707. The van der Waals surface area contributed by atoms with E-state index in [9.17, 15) is 19.5 Å². The van der Waals surface area contributed by atoms with Gasteiger partial charge in [0.2, 0.25) is 5.91 Å². The number of nitrogens with one attached hydrogen (secondary N) is 2. The van der Waals surface area contributed by atoms with Crippen LogP contribution >= 0.6 is 0 Å². The van der Waals surface area contributed by atoms with Crippen LogP contribution in [-0.2, 0) is 9.59 Å². The number of hydrogen-bond acceptors (Lipinski definition) is 5. The van der Waals surface area contributed by atoms with E-state index in [4.69, 9.17) is 4.74 Å². The Labute approximate surface area is 167 Å². The Kier molecular flexibility index (Phi) is 5.82. The minimum Gasteiger partial charge on any atom is -0.504 e. The Morgan fingerprint density at radius 3 is 2.72 bits per heavy atom. The fourth-order valence-corrected chi connectivity index (χ4v) is 2.87. The summed E-state index contributed by atoms with van der Waals surface area (Å²) < 4.78 is 5.31. The summed E-state index contributed by atoms with van der Waals surface area (Å²) in [5.41, 5.74) is 1.82. The number of para-hydroxylation sites is 1. The first kappa shape index (κ1) is 19.9. The van der Waals surface area contributed by atoms with E-state index < -0.39 is 24.4 Å². The Hall–Kier alpha value is -3.81. The summed E-state index contributed by atoms with van der Waals surface area (Å²) in [6, 6.07) is 11.3. The minimum absolute atomic E-state index is 0.0395.